The molecule has 0 bridgehead atoms. The van der Waals surface area contributed by atoms with Crippen LogP contribution in [0.25, 0.3) is 0 Å². The van der Waals surface area contributed by atoms with Gasteiger partial charge in [0.05, 0.1) is 18.5 Å². The highest BCUT2D eigenvalue weighted by Crippen LogP contribution is 2.15. The maximum absolute atomic E-state index is 11.8. The highest BCUT2D eigenvalue weighted by molar-refractivity contribution is 9.10. The monoisotopic (exact) mass is 289 g/mol. The van der Waals surface area contributed by atoms with Crippen LogP contribution in [0.4, 0.5) is 5.69 Å². The Hall–Kier alpha value is -0.880. The van der Waals surface area contributed by atoms with E-state index >= 15 is 0 Å². The van der Waals surface area contributed by atoms with Crippen LogP contribution in [-0.2, 0) is 6.54 Å². The summed E-state index contributed by atoms with van der Waals surface area (Å²) in [6.07, 6.45) is 1.59. The predicted molar refractivity (Wildman–Crippen MR) is 66.6 cm³/mol. The second kappa shape index (κ2) is 6.00. The minimum atomic E-state index is -0.156. The van der Waals surface area contributed by atoms with E-state index in [-0.39, 0.29) is 12.2 Å². The summed E-state index contributed by atoms with van der Waals surface area (Å²) >= 11 is 3.23. The summed E-state index contributed by atoms with van der Waals surface area (Å²) in [7, 11) is 0. The molecule has 0 spiro atoms. The lowest BCUT2D eigenvalue weighted by atomic mass is 10.2. The van der Waals surface area contributed by atoms with Gasteiger partial charge in [-0.15, -0.1) is 0 Å². The molecule has 0 amide bonds. The number of nitrogens with zero attached hydrogens (tertiary/aromatic N) is 2. The minimum Gasteiger partial charge on any atom is -0.395 e. The fourth-order valence-corrected chi connectivity index (χ4v) is 1.70. The van der Waals surface area contributed by atoms with E-state index < -0.39 is 0 Å². The van der Waals surface area contributed by atoms with E-state index in [4.69, 9.17) is 5.11 Å². The van der Waals surface area contributed by atoms with Crippen molar-refractivity contribution in [3.8, 4) is 0 Å². The number of aliphatic hydroxyl groups excluding tert-OH is 1. The van der Waals surface area contributed by atoms with Gasteiger partial charge in [-0.1, -0.05) is 13.8 Å². The zero-order valence-electron chi connectivity index (χ0n) is 9.40. The molecule has 1 rings (SSSR count). The number of hydrogen-bond donors (Lipinski definition) is 2. The molecule has 6 heteroatoms. The van der Waals surface area contributed by atoms with Crippen molar-refractivity contribution in [2.75, 3.05) is 18.5 Å². The first-order valence-electron chi connectivity index (χ1n) is 5.16. The minimum absolute atomic E-state index is 0.0154. The lowest BCUT2D eigenvalue weighted by molar-refractivity contribution is 0.311. The van der Waals surface area contributed by atoms with E-state index in [0.29, 0.717) is 29.2 Å². The number of rotatable bonds is 5. The Morgan fingerprint density at radius 3 is 2.88 bits per heavy atom. The topological polar surface area (TPSA) is 67.2 Å². The SMILES string of the molecule is CC(C)Cn1ncc(NCCO)c(Br)c1=O. The molecule has 1 heterocycles. The van der Waals surface area contributed by atoms with Crippen molar-refractivity contribution >= 4 is 21.6 Å². The lowest BCUT2D eigenvalue weighted by Crippen LogP contribution is -2.26. The molecule has 90 valence electrons. The first kappa shape index (κ1) is 13.2. The molecular weight excluding hydrogens is 274 g/mol. The number of nitrogens with one attached hydrogen (secondary N) is 1. The average Bonchev–Trinajstić information content (AvgIpc) is 2.23. The molecule has 0 aliphatic heterocycles. The number of aromatic nitrogens is 2. The second-order valence-corrected chi connectivity index (χ2v) is 4.70. The van der Waals surface area contributed by atoms with Crippen LogP contribution in [0, 0.1) is 5.92 Å². The molecule has 0 saturated carbocycles. The Morgan fingerprint density at radius 1 is 1.62 bits per heavy atom. The molecular formula is C10H16BrN3O2. The quantitative estimate of drug-likeness (QED) is 0.851. The maximum Gasteiger partial charge on any atom is 0.283 e. The first-order chi connectivity index (χ1) is 7.56. The normalized spacial score (nSPS) is 10.8. The van der Waals surface area contributed by atoms with E-state index in [1.165, 1.54) is 4.68 Å². The van der Waals surface area contributed by atoms with Gasteiger partial charge in [0, 0.05) is 13.1 Å². The number of aliphatic hydroxyl groups is 1. The van der Waals surface area contributed by atoms with Crippen molar-refractivity contribution in [3.05, 3.63) is 21.0 Å². The van der Waals surface area contributed by atoms with Crippen molar-refractivity contribution in [2.45, 2.75) is 20.4 Å². The van der Waals surface area contributed by atoms with Crippen molar-refractivity contribution in [1.29, 1.82) is 0 Å². The van der Waals surface area contributed by atoms with Crippen LogP contribution < -0.4 is 10.9 Å². The summed E-state index contributed by atoms with van der Waals surface area (Å²) in [5.74, 6) is 0.369. The van der Waals surface area contributed by atoms with E-state index in [1.807, 2.05) is 13.8 Å². The Bertz CT molecular complexity index is 404. The van der Waals surface area contributed by atoms with Crippen LogP contribution in [0.3, 0.4) is 0 Å². The Morgan fingerprint density at radius 2 is 2.31 bits per heavy atom. The van der Waals surface area contributed by atoms with Crippen LogP contribution in [-0.4, -0.2) is 28.0 Å². The van der Waals surface area contributed by atoms with Crippen LogP contribution >= 0.6 is 15.9 Å². The van der Waals surface area contributed by atoms with E-state index in [9.17, 15) is 4.79 Å². The lowest BCUT2D eigenvalue weighted by Gasteiger charge is -2.10. The molecule has 2 N–H and O–H groups in total. The van der Waals surface area contributed by atoms with Gasteiger partial charge in [-0.2, -0.15) is 5.10 Å². The maximum atomic E-state index is 11.8. The fraction of sp³-hybridized carbons (Fsp3) is 0.600. The zero-order chi connectivity index (χ0) is 12.1. The zero-order valence-corrected chi connectivity index (χ0v) is 11.0. The van der Waals surface area contributed by atoms with Crippen LogP contribution in [0.1, 0.15) is 13.8 Å². The molecule has 0 unspecified atom stereocenters. The van der Waals surface area contributed by atoms with Crippen LogP contribution in [0.2, 0.25) is 0 Å². The van der Waals surface area contributed by atoms with Gasteiger partial charge in [0.2, 0.25) is 0 Å². The molecule has 0 aromatic carbocycles. The summed E-state index contributed by atoms with van der Waals surface area (Å²) < 4.78 is 1.88. The largest absolute Gasteiger partial charge is 0.395 e. The smallest absolute Gasteiger partial charge is 0.283 e. The third-order valence-electron chi connectivity index (χ3n) is 1.95. The van der Waals surface area contributed by atoms with Gasteiger partial charge < -0.3 is 10.4 Å². The van der Waals surface area contributed by atoms with Crippen LogP contribution in [0.5, 0.6) is 0 Å². The molecule has 0 aliphatic carbocycles. The molecule has 1 aromatic rings. The van der Waals surface area contributed by atoms with Gasteiger partial charge in [0.15, 0.2) is 0 Å². The van der Waals surface area contributed by atoms with E-state index in [0.717, 1.165) is 0 Å². The summed E-state index contributed by atoms with van der Waals surface area (Å²) in [5, 5.41) is 15.7. The van der Waals surface area contributed by atoms with Crippen molar-refractivity contribution in [3.63, 3.8) is 0 Å². The van der Waals surface area contributed by atoms with Crippen molar-refractivity contribution in [2.24, 2.45) is 5.92 Å². The van der Waals surface area contributed by atoms with Crippen molar-refractivity contribution in [1.82, 2.24) is 9.78 Å². The fourth-order valence-electron chi connectivity index (χ4n) is 1.25. The average molecular weight is 290 g/mol. The summed E-state index contributed by atoms with van der Waals surface area (Å²) in [6, 6.07) is 0. The second-order valence-electron chi connectivity index (χ2n) is 3.90. The Balaban J connectivity index is 2.94. The molecule has 0 saturated heterocycles. The summed E-state index contributed by atoms with van der Waals surface area (Å²) in [5.41, 5.74) is 0.454. The molecule has 16 heavy (non-hydrogen) atoms. The van der Waals surface area contributed by atoms with Gasteiger partial charge in [-0.25, -0.2) is 4.68 Å². The molecule has 0 atom stereocenters. The van der Waals surface area contributed by atoms with Gasteiger partial charge >= 0.3 is 0 Å². The van der Waals surface area contributed by atoms with Gasteiger partial charge in [-0.3, -0.25) is 4.79 Å². The molecule has 0 fully saturated rings. The van der Waals surface area contributed by atoms with E-state index in [2.05, 4.69) is 26.3 Å². The third-order valence-corrected chi connectivity index (χ3v) is 2.72. The van der Waals surface area contributed by atoms with Crippen LogP contribution in [0.15, 0.2) is 15.5 Å². The number of anilines is 1. The molecule has 5 nitrogen and oxygen atoms in total. The van der Waals surface area contributed by atoms with Crippen molar-refractivity contribution < 1.29 is 5.11 Å². The molecule has 0 radical (unpaired) electrons. The highest BCUT2D eigenvalue weighted by Gasteiger charge is 2.08. The standard InChI is InChI=1S/C10H16BrN3O2/c1-7(2)6-14-10(16)9(11)8(5-13-14)12-3-4-15/h5,7,12,15H,3-4,6H2,1-2H3. The molecule has 1 aromatic heterocycles. The van der Waals surface area contributed by atoms with Gasteiger partial charge in [-0.05, 0) is 21.8 Å². The number of hydrogen-bond acceptors (Lipinski definition) is 4. The number of halogens is 1. The summed E-state index contributed by atoms with van der Waals surface area (Å²) in [6.45, 7) is 5.06. The Kier molecular flexibility index (Phi) is 4.95. The predicted octanol–water partition coefficient (Wildman–Crippen LogP) is 1.07. The van der Waals surface area contributed by atoms with E-state index in [1.54, 1.807) is 6.20 Å². The summed E-state index contributed by atoms with van der Waals surface area (Å²) in [4.78, 5) is 11.8. The molecule has 0 aliphatic rings. The van der Waals surface area contributed by atoms with Gasteiger partial charge in [0.1, 0.15) is 4.47 Å². The Labute approximate surface area is 103 Å². The highest BCUT2D eigenvalue weighted by atomic mass is 79.9. The first-order valence-corrected chi connectivity index (χ1v) is 5.96. The van der Waals surface area contributed by atoms with Gasteiger partial charge in [0.25, 0.3) is 5.56 Å². The third kappa shape index (κ3) is 3.31.